The van der Waals surface area contributed by atoms with Gasteiger partial charge in [-0.05, 0) is 57.2 Å². The lowest BCUT2D eigenvalue weighted by molar-refractivity contribution is -0.00369. The van der Waals surface area contributed by atoms with Crippen molar-refractivity contribution >= 4 is 46.8 Å². The Bertz CT molecular complexity index is 786. The van der Waals surface area contributed by atoms with Crippen LogP contribution in [0.25, 0.3) is 0 Å². The van der Waals surface area contributed by atoms with E-state index in [1.165, 1.54) is 5.01 Å². The molecule has 2 aromatic carbocycles. The lowest BCUT2D eigenvalue weighted by Crippen LogP contribution is -2.54. The van der Waals surface area contributed by atoms with Gasteiger partial charge in [-0.1, -0.05) is 35.3 Å². The van der Waals surface area contributed by atoms with E-state index >= 15 is 0 Å². The highest BCUT2D eigenvalue weighted by molar-refractivity contribution is 6.35. The fourth-order valence-electron chi connectivity index (χ4n) is 2.19. The van der Waals surface area contributed by atoms with Crippen molar-refractivity contribution in [2.45, 2.75) is 26.3 Å². The highest BCUT2D eigenvalue weighted by Gasteiger charge is 2.36. The summed E-state index contributed by atoms with van der Waals surface area (Å²) in [7, 11) is 0. The minimum atomic E-state index is -0.755. The van der Waals surface area contributed by atoms with Crippen LogP contribution < -0.4 is 0 Å². The van der Waals surface area contributed by atoms with Gasteiger partial charge in [-0.15, -0.1) is 0 Å². The molecule has 0 radical (unpaired) electrons. The quantitative estimate of drug-likeness (QED) is 0.498. The predicted molar refractivity (Wildman–Crippen MR) is 101 cm³/mol. The third-order valence-corrected chi connectivity index (χ3v) is 4.25. The average molecular weight is 400 g/mol. The number of amides is 2. The second kappa shape index (κ2) is 7.65. The number of hydrazine groups is 1. The van der Waals surface area contributed by atoms with Crippen LogP contribution in [0.2, 0.25) is 10.0 Å². The van der Waals surface area contributed by atoms with Gasteiger partial charge in [0.2, 0.25) is 0 Å². The lowest BCUT2D eigenvalue weighted by atomic mass is 10.1. The number of halogens is 3. The van der Waals surface area contributed by atoms with Crippen LogP contribution >= 0.6 is 35.0 Å². The first-order valence-corrected chi connectivity index (χ1v) is 8.57. The maximum atomic E-state index is 12.9. The van der Waals surface area contributed by atoms with E-state index < -0.39 is 17.4 Å². The third-order valence-electron chi connectivity index (χ3n) is 3.37. The van der Waals surface area contributed by atoms with Crippen LogP contribution in [0, 0.1) is 0 Å². The van der Waals surface area contributed by atoms with Crippen molar-refractivity contribution in [1.82, 2.24) is 9.54 Å². The first-order chi connectivity index (χ1) is 11.6. The first-order valence-electron chi connectivity index (χ1n) is 7.47. The van der Waals surface area contributed by atoms with Crippen LogP contribution in [0.15, 0.2) is 48.5 Å². The van der Waals surface area contributed by atoms with Gasteiger partial charge in [-0.2, -0.15) is 4.53 Å². The van der Waals surface area contributed by atoms with E-state index in [1.54, 1.807) is 69.3 Å². The smallest absolute Gasteiger partial charge is 0.267 e. The average Bonchev–Trinajstić information content (AvgIpc) is 2.54. The van der Waals surface area contributed by atoms with E-state index in [0.717, 1.165) is 4.53 Å². The van der Waals surface area contributed by atoms with Crippen molar-refractivity contribution in [3.8, 4) is 0 Å². The van der Waals surface area contributed by atoms with Gasteiger partial charge in [0.1, 0.15) is 0 Å². The number of carbonyl (C=O) groups is 2. The van der Waals surface area contributed by atoms with E-state index in [-0.39, 0.29) is 10.6 Å². The summed E-state index contributed by atoms with van der Waals surface area (Å²) >= 11 is 18.2. The molecule has 25 heavy (non-hydrogen) atoms. The van der Waals surface area contributed by atoms with Crippen LogP contribution in [-0.4, -0.2) is 26.9 Å². The summed E-state index contributed by atoms with van der Waals surface area (Å²) in [6.07, 6.45) is 0. The SMILES string of the molecule is CC(C)(C)N(C(=O)c1ccc(Cl)cc1)N(Cl)C(=O)c1ccccc1Cl. The molecule has 0 heterocycles. The number of carbonyl (C=O) groups excluding carboxylic acids is 2. The third kappa shape index (κ3) is 4.46. The second-order valence-electron chi connectivity index (χ2n) is 6.34. The zero-order chi connectivity index (χ0) is 18.8. The molecule has 2 amide bonds. The van der Waals surface area contributed by atoms with Gasteiger partial charge < -0.3 is 0 Å². The molecular weight excluding hydrogens is 383 g/mol. The fraction of sp³-hybridized carbons (Fsp3) is 0.222. The minimum absolute atomic E-state index is 0.206. The highest BCUT2D eigenvalue weighted by atomic mass is 35.5. The first kappa shape index (κ1) is 19.6. The molecule has 0 atom stereocenters. The number of benzene rings is 2. The molecule has 0 saturated heterocycles. The molecule has 4 nitrogen and oxygen atoms in total. The zero-order valence-electron chi connectivity index (χ0n) is 14.0. The fourth-order valence-corrected chi connectivity index (χ4v) is 2.92. The lowest BCUT2D eigenvalue weighted by Gasteiger charge is -2.39. The molecule has 0 aliphatic carbocycles. The standard InChI is InChI=1S/C18H17Cl3N2O2/c1-18(2,3)22(16(24)12-8-10-13(19)11-9-12)23(21)17(25)14-6-4-5-7-15(14)20/h4-11H,1-3H3. The molecule has 132 valence electrons. The van der Waals surface area contributed by atoms with Crippen LogP contribution in [0.4, 0.5) is 0 Å². The molecule has 7 heteroatoms. The Morgan fingerprint density at radius 1 is 0.880 bits per heavy atom. The number of hydrogen-bond acceptors (Lipinski definition) is 2. The van der Waals surface area contributed by atoms with Crippen LogP contribution in [0.5, 0.6) is 0 Å². The number of hydrogen-bond donors (Lipinski definition) is 0. The van der Waals surface area contributed by atoms with E-state index in [1.807, 2.05) is 0 Å². The van der Waals surface area contributed by atoms with Crippen LogP contribution in [0.1, 0.15) is 41.5 Å². The summed E-state index contributed by atoms with van der Waals surface area (Å²) < 4.78 is 0.776. The minimum Gasteiger partial charge on any atom is -0.267 e. The molecule has 0 aliphatic rings. The predicted octanol–water partition coefficient (Wildman–Crippen LogP) is 5.45. The molecule has 0 unspecified atom stereocenters. The molecule has 0 bridgehead atoms. The summed E-state index contributed by atoms with van der Waals surface area (Å²) in [5.41, 5.74) is -0.190. The molecule has 0 aliphatic heterocycles. The van der Waals surface area contributed by atoms with Crippen LogP contribution in [-0.2, 0) is 0 Å². The normalized spacial score (nSPS) is 11.1. The van der Waals surface area contributed by atoms with Gasteiger partial charge >= 0.3 is 0 Å². The summed E-state index contributed by atoms with van der Waals surface area (Å²) in [6.45, 7) is 5.32. The van der Waals surface area contributed by atoms with Gasteiger partial charge in [-0.25, -0.2) is 5.01 Å². The summed E-state index contributed by atoms with van der Waals surface area (Å²) in [4.78, 5) is 25.7. The Kier molecular flexibility index (Phi) is 5.99. The van der Waals surface area contributed by atoms with Crippen molar-refractivity contribution in [2.75, 3.05) is 0 Å². The molecule has 0 spiro atoms. The van der Waals surface area contributed by atoms with Crippen molar-refractivity contribution in [1.29, 1.82) is 0 Å². The summed E-state index contributed by atoms with van der Waals surface area (Å²) in [5.74, 6) is -1.02. The van der Waals surface area contributed by atoms with Gasteiger partial charge in [0.15, 0.2) is 0 Å². The van der Waals surface area contributed by atoms with Gasteiger partial charge in [0.25, 0.3) is 11.8 Å². The Hall–Kier alpha value is -1.75. The van der Waals surface area contributed by atoms with Crippen molar-refractivity contribution in [3.63, 3.8) is 0 Å². The van der Waals surface area contributed by atoms with E-state index in [4.69, 9.17) is 35.0 Å². The summed E-state index contributed by atoms with van der Waals surface area (Å²) in [5, 5.41) is 1.95. The summed E-state index contributed by atoms with van der Waals surface area (Å²) in [6, 6.07) is 12.9. The van der Waals surface area contributed by atoms with Crippen molar-refractivity contribution < 1.29 is 9.59 Å². The van der Waals surface area contributed by atoms with Crippen molar-refractivity contribution in [2.24, 2.45) is 0 Å². The Labute approximate surface area is 162 Å². The largest absolute Gasteiger partial charge is 0.289 e. The molecular formula is C18H17Cl3N2O2. The maximum absolute atomic E-state index is 12.9. The van der Waals surface area contributed by atoms with Gasteiger partial charge in [0.05, 0.1) is 16.1 Å². The van der Waals surface area contributed by atoms with Gasteiger partial charge in [0, 0.05) is 22.4 Å². The molecule has 0 N–H and O–H groups in total. The van der Waals surface area contributed by atoms with E-state index in [9.17, 15) is 9.59 Å². The Balaban J connectivity index is 2.40. The molecule has 2 rings (SSSR count). The molecule has 0 saturated carbocycles. The zero-order valence-corrected chi connectivity index (χ0v) is 16.2. The van der Waals surface area contributed by atoms with E-state index in [2.05, 4.69) is 0 Å². The topological polar surface area (TPSA) is 40.6 Å². The molecule has 0 aromatic heterocycles. The van der Waals surface area contributed by atoms with Gasteiger partial charge in [-0.3, -0.25) is 9.59 Å². The number of rotatable bonds is 2. The number of nitrogens with zero attached hydrogens (tertiary/aromatic N) is 2. The monoisotopic (exact) mass is 398 g/mol. The Morgan fingerprint density at radius 2 is 1.44 bits per heavy atom. The molecule has 0 fully saturated rings. The van der Waals surface area contributed by atoms with E-state index in [0.29, 0.717) is 10.6 Å². The highest BCUT2D eigenvalue weighted by Crippen LogP contribution is 2.26. The molecule has 2 aromatic rings. The second-order valence-corrected chi connectivity index (χ2v) is 7.50. The maximum Gasteiger partial charge on any atom is 0.289 e. The Morgan fingerprint density at radius 3 is 1.96 bits per heavy atom. The van der Waals surface area contributed by atoms with Crippen molar-refractivity contribution in [3.05, 3.63) is 69.7 Å². The van der Waals surface area contributed by atoms with Crippen LogP contribution in [0.3, 0.4) is 0 Å².